The van der Waals surface area contributed by atoms with E-state index in [1.807, 2.05) is 0 Å². The van der Waals surface area contributed by atoms with Crippen LogP contribution in [0.4, 0.5) is 14.6 Å². The van der Waals surface area contributed by atoms with E-state index in [4.69, 9.17) is 5.73 Å². The summed E-state index contributed by atoms with van der Waals surface area (Å²) >= 11 is 0. The minimum absolute atomic E-state index is 0.284. The fourth-order valence-electron chi connectivity index (χ4n) is 2.65. The quantitative estimate of drug-likeness (QED) is 0.917. The number of fused-ring (bicyclic) bond motifs is 1. The number of nitrogens with zero attached hydrogens (tertiary/aromatic N) is 2. The maximum atomic E-state index is 13.2. The average molecular weight is 275 g/mol. The molecule has 2 N–H and O–H groups in total. The monoisotopic (exact) mass is 275 g/mol. The van der Waals surface area contributed by atoms with Crippen molar-refractivity contribution in [3.63, 3.8) is 0 Å². The summed E-state index contributed by atoms with van der Waals surface area (Å²) in [7, 11) is 0. The molecule has 3 rings (SSSR count). The number of nitrogens with two attached hydrogens (primary N) is 1. The van der Waals surface area contributed by atoms with Gasteiger partial charge in [0.05, 0.1) is 0 Å². The topological polar surface area (TPSA) is 51.8 Å². The van der Waals surface area contributed by atoms with Gasteiger partial charge in [0.2, 0.25) is 0 Å². The van der Waals surface area contributed by atoms with E-state index in [-0.39, 0.29) is 6.42 Å². The molecule has 2 aromatic rings. The standard InChI is InChI=1S/C15H15F2N3/c16-10-5-9(6-11(17)8-10)7-14-19-13-4-2-1-3-12(13)15(18)20-14/h5-6,8H,1-4,7H2,(H2,18,19,20). The molecule has 20 heavy (non-hydrogen) atoms. The molecule has 104 valence electrons. The van der Waals surface area contributed by atoms with E-state index in [2.05, 4.69) is 9.97 Å². The molecule has 0 saturated heterocycles. The third kappa shape index (κ3) is 2.61. The summed E-state index contributed by atoms with van der Waals surface area (Å²) in [5, 5.41) is 0. The maximum absolute atomic E-state index is 13.2. The lowest BCUT2D eigenvalue weighted by atomic mass is 9.96. The summed E-state index contributed by atoms with van der Waals surface area (Å²) in [6, 6.07) is 3.44. The molecule has 0 fully saturated rings. The maximum Gasteiger partial charge on any atom is 0.135 e. The zero-order chi connectivity index (χ0) is 14.1. The van der Waals surface area contributed by atoms with Gasteiger partial charge < -0.3 is 5.73 Å². The Morgan fingerprint density at radius 1 is 1.00 bits per heavy atom. The van der Waals surface area contributed by atoms with Gasteiger partial charge in [-0.1, -0.05) is 0 Å². The van der Waals surface area contributed by atoms with Crippen molar-refractivity contribution in [2.24, 2.45) is 0 Å². The minimum Gasteiger partial charge on any atom is -0.383 e. The smallest absolute Gasteiger partial charge is 0.135 e. The normalized spacial score (nSPS) is 14.1. The molecular weight excluding hydrogens is 260 g/mol. The van der Waals surface area contributed by atoms with Gasteiger partial charge in [-0.3, -0.25) is 0 Å². The van der Waals surface area contributed by atoms with Crippen molar-refractivity contribution in [3.05, 3.63) is 52.5 Å². The van der Waals surface area contributed by atoms with Gasteiger partial charge in [0.1, 0.15) is 23.3 Å². The third-order valence-electron chi connectivity index (χ3n) is 3.55. The van der Waals surface area contributed by atoms with Crippen molar-refractivity contribution >= 4 is 5.82 Å². The molecule has 3 nitrogen and oxygen atoms in total. The van der Waals surface area contributed by atoms with Crippen molar-refractivity contribution in [3.8, 4) is 0 Å². The van der Waals surface area contributed by atoms with E-state index in [1.165, 1.54) is 12.1 Å². The first-order valence-electron chi connectivity index (χ1n) is 6.71. The van der Waals surface area contributed by atoms with Gasteiger partial charge >= 0.3 is 0 Å². The molecule has 1 aromatic heterocycles. The molecule has 0 amide bonds. The summed E-state index contributed by atoms with van der Waals surface area (Å²) in [5.74, 6) is -0.161. The van der Waals surface area contributed by atoms with Crippen LogP contribution in [0.5, 0.6) is 0 Å². The van der Waals surface area contributed by atoms with Gasteiger partial charge in [0, 0.05) is 23.7 Å². The van der Waals surface area contributed by atoms with E-state index in [1.54, 1.807) is 0 Å². The van der Waals surface area contributed by atoms with Crippen LogP contribution in [0, 0.1) is 11.6 Å². The number of rotatable bonds is 2. The van der Waals surface area contributed by atoms with Crippen molar-refractivity contribution in [1.82, 2.24) is 9.97 Å². The molecule has 0 radical (unpaired) electrons. The fraction of sp³-hybridized carbons (Fsp3) is 0.333. The van der Waals surface area contributed by atoms with Crippen molar-refractivity contribution in [1.29, 1.82) is 0 Å². The van der Waals surface area contributed by atoms with Gasteiger partial charge in [-0.15, -0.1) is 0 Å². The van der Waals surface area contributed by atoms with Crippen LogP contribution in [0.15, 0.2) is 18.2 Å². The number of benzene rings is 1. The molecule has 5 heteroatoms. The molecule has 0 atom stereocenters. The highest BCUT2D eigenvalue weighted by molar-refractivity contribution is 5.44. The molecule has 0 saturated carbocycles. The zero-order valence-corrected chi connectivity index (χ0v) is 11.0. The Labute approximate surface area is 115 Å². The van der Waals surface area contributed by atoms with Gasteiger partial charge in [0.25, 0.3) is 0 Å². The second-order valence-electron chi connectivity index (χ2n) is 5.11. The van der Waals surface area contributed by atoms with Gasteiger partial charge in [-0.25, -0.2) is 18.7 Å². The second-order valence-corrected chi connectivity index (χ2v) is 5.11. The lowest BCUT2D eigenvalue weighted by Crippen LogP contribution is -2.13. The Bertz CT molecular complexity index is 636. The average Bonchev–Trinajstić information content (AvgIpc) is 2.37. The molecule has 0 bridgehead atoms. The van der Waals surface area contributed by atoms with Crippen molar-refractivity contribution in [2.75, 3.05) is 5.73 Å². The third-order valence-corrected chi connectivity index (χ3v) is 3.55. The first kappa shape index (κ1) is 13.0. The number of nitrogen functional groups attached to an aromatic ring is 1. The summed E-state index contributed by atoms with van der Waals surface area (Å²) < 4.78 is 26.4. The zero-order valence-electron chi connectivity index (χ0n) is 11.0. The highest BCUT2D eigenvalue weighted by Crippen LogP contribution is 2.24. The number of hydrogen-bond acceptors (Lipinski definition) is 3. The Morgan fingerprint density at radius 3 is 2.45 bits per heavy atom. The first-order valence-corrected chi connectivity index (χ1v) is 6.71. The number of aromatic nitrogens is 2. The van der Waals surface area contributed by atoms with Crippen LogP contribution in [-0.2, 0) is 19.3 Å². The summed E-state index contributed by atoms with van der Waals surface area (Å²) in [4.78, 5) is 8.76. The second kappa shape index (κ2) is 5.15. The van der Waals surface area contributed by atoms with E-state index in [0.29, 0.717) is 17.2 Å². The van der Waals surface area contributed by atoms with Crippen LogP contribution in [-0.4, -0.2) is 9.97 Å². The predicted molar refractivity (Wildman–Crippen MR) is 72.3 cm³/mol. The molecular formula is C15H15F2N3. The molecule has 0 aliphatic heterocycles. The van der Waals surface area contributed by atoms with Crippen LogP contribution in [0.2, 0.25) is 0 Å². The first-order chi connectivity index (χ1) is 9.61. The van der Waals surface area contributed by atoms with E-state index < -0.39 is 11.6 Å². The Morgan fingerprint density at radius 2 is 1.70 bits per heavy atom. The Kier molecular flexibility index (Phi) is 3.34. The van der Waals surface area contributed by atoms with E-state index in [0.717, 1.165) is 43.0 Å². The summed E-state index contributed by atoms with van der Waals surface area (Å²) in [6.07, 6.45) is 4.29. The van der Waals surface area contributed by atoms with Crippen LogP contribution in [0.3, 0.4) is 0 Å². The largest absolute Gasteiger partial charge is 0.383 e. The van der Waals surface area contributed by atoms with Crippen LogP contribution < -0.4 is 5.73 Å². The van der Waals surface area contributed by atoms with E-state index >= 15 is 0 Å². The molecule has 0 unspecified atom stereocenters. The molecule has 1 heterocycles. The van der Waals surface area contributed by atoms with Gasteiger partial charge in [-0.2, -0.15) is 0 Å². The molecule has 1 aliphatic carbocycles. The number of hydrogen-bond donors (Lipinski definition) is 1. The highest BCUT2D eigenvalue weighted by atomic mass is 19.1. The van der Waals surface area contributed by atoms with Crippen molar-refractivity contribution in [2.45, 2.75) is 32.1 Å². The molecule has 1 aliphatic rings. The number of aryl methyl sites for hydroxylation is 1. The Hall–Kier alpha value is -2.04. The lowest BCUT2D eigenvalue weighted by molar-refractivity contribution is 0.580. The van der Waals surface area contributed by atoms with Gasteiger partial charge in [0.15, 0.2) is 0 Å². The van der Waals surface area contributed by atoms with Crippen LogP contribution in [0.25, 0.3) is 0 Å². The summed E-state index contributed by atoms with van der Waals surface area (Å²) in [5.41, 5.74) is 8.48. The fourth-order valence-corrected chi connectivity index (χ4v) is 2.65. The predicted octanol–water partition coefficient (Wildman–Crippen LogP) is 2.81. The minimum atomic E-state index is -0.592. The molecule has 1 aromatic carbocycles. The van der Waals surface area contributed by atoms with Crippen molar-refractivity contribution < 1.29 is 8.78 Å². The lowest BCUT2D eigenvalue weighted by Gasteiger charge is -2.17. The van der Waals surface area contributed by atoms with Gasteiger partial charge in [-0.05, 0) is 43.4 Å². The highest BCUT2D eigenvalue weighted by Gasteiger charge is 2.16. The van der Waals surface area contributed by atoms with E-state index in [9.17, 15) is 8.78 Å². The van der Waals surface area contributed by atoms with Crippen LogP contribution in [0.1, 0.15) is 35.5 Å². The Balaban J connectivity index is 1.92. The summed E-state index contributed by atoms with van der Waals surface area (Å²) in [6.45, 7) is 0. The number of halogens is 2. The SMILES string of the molecule is Nc1nc(Cc2cc(F)cc(F)c2)nc2c1CCCC2. The van der Waals surface area contributed by atoms with Crippen LogP contribution >= 0.6 is 0 Å². The number of anilines is 1. The molecule has 0 spiro atoms.